The summed E-state index contributed by atoms with van der Waals surface area (Å²) in [6.45, 7) is 0.573. The Hall–Kier alpha value is -1.59. The first kappa shape index (κ1) is 11.9. The molecule has 0 bridgehead atoms. The van der Waals surface area contributed by atoms with Crippen LogP contribution in [-0.4, -0.2) is 16.1 Å². The second kappa shape index (κ2) is 5.16. The molecule has 0 fully saturated rings. The molecule has 17 heavy (non-hydrogen) atoms. The van der Waals surface area contributed by atoms with Gasteiger partial charge in [-0.1, -0.05) is 11.6 Å². The van der Waals surface area contributed by atoms with Crippen LogP contribution in [0.1, 0.15) is 15.4 Å². The lowest BCUT2D eigenvalue weighted by molar-refractivity contribution is 0.0697. The molecule has 0 amide bonds. The van der Waals surface area contributed by atoms with Gasteiger partial charge in [0.2, 0.25) is 0 Å². The normalized spacial score (nSPS) is 10.2. The first-order chi connectivity index (χ1) is 8.16. The van der Waals surface area contributed by atoms with E-state index in [4.69, 9.17) is 16.7 Å². The summed E-state index contributed by atoms with van der Waals surface area (Å²) >= 11 is 7.52. The third-order valence-corrected chi connectivity index (χ3v) is 3.22. The van der Waals surface area contributed by atoms with E-state index in [-0.39, 0.29) is 5.56 Å². The number of carboxylic acid groups (broad SMARTS) is 1. The van der Waals surface area contributed by atoms with Gasteiger partial charge in [0, 0.05) is 11.6 Å². The van der Waals surface area contributed by atoms with Gasteiger partial charge in [-0.2, -0.15) is 0 Å². The average molecular weight is 269 g/mol. The van der Waals surface area contributed by atoms with Crippen LogP contribution >= 0.6 is 22.9 Å². The van der Waals surface area contributed by atoms with E-state index in [1.54, 1.807) is 23.6 Å². The Bertz CT molecular complexity index is 528. The fourth-order valence-electron chi connectivity index (χ4n) is 1.30. The summed E-state index contributed by atoms with van der Waals surface area (Å²) in [5.41, 5.74) is 0.877. The minimum atomic E-state index is -0.988. The van der Waals surface area contributed by atoms with Crippen molar-refractivity contribution in [2.75, 3.05) is 5.32 Å². The minimum Gasteiger partial charge on any atom is -0.478 e. The second-order valence-electron chi connectivity index (χ2n) is 3.28. The van der Waals surface area contributed by atoms with Gasteiger partial charge in [0.05, 0.1) is 22.8 Å². The molecule has 1 aromatic carbocycles. The molecule has 1 aromatic heterocycles. The molecule has 1 heterocycles. The summed E-state index contributed by atoms with van der Waals surface area (Å²) in [5.74, 6) is -0.988. The van der Waals surface area contributed by atoms with Crippen molar-refractivity contribution in [1.29, 1.82) is 0 Å². The molecule has 0 saturated heterocycles. The Labute approximate surface area is 107 Å². The van der Waals surface area contributed by atoms with Crippen molar-refractivity contribution in [3.05, 3.63) is 45.4 Å². The van der Waals surface area contributed by atoms with Crippen molar-refractivity contribution in [2.45, 2.75) is 6.54 Å². The van der Waals surface area contributed by atoms with Gasteiger partial charge in [0.1, 0.15) is 5.01 Å². The second-order valence-corrected chi connectivity index (χ2v) is 4.67. The van der Waals surface area contributed by atoms with E-state index < -0.39 is 5.97 Å². The van der Waals surface area contributed by atoms with Crippen LogP contribution in [0.25, 0.3) is 0 Å². The van der Waals surface area contributed by atoms with E-state index >= 15 is 0 Å². The maximum Gasteiger partial charge on any atom is 0.335 e. The number of hydrogen-bond acceptors (Lipinski definition) is 4. The molecule has 0 aliphatic carbocycles. The standard InChI is InChI=1S/C11H9ClN2O2S/c12-8-5-7(11(15)16)1-2-9(8)14-6-10-13-3-4-17-10/h1-5,14H,6H2,(H,15,16). The summed E-state index contributed by atoms with van der Waals surface area (Å²) in [7, 11) is 0. The Morgan fingerprint density at radius 2 is 2.35 bits per heavy atom. The number of rotatable bonds is 4. The molecule has 4 nitrogen and oxygen atoms in total. The van der Waals surface area contributed by atoms with E-state index in [1.807, 2.05) is 5.38 Å². The summed E-state index contributed by atoms with van der Waals surface area (Å²) in [6.07, 6.45) is 1.73. The third-order valence-electron chi connectivity index (χ3n) is 2.13. The molecule has 2 rings (SSSR count). The van der Waals surface area contributed by atoms with Crippen molar-refractivity contribution in [1.82, 2.24) is 4.98 Å². The molecule has 0 unspecified atom stereocenters. The molecule has 88 valence electrons. The number of benzene rings is 1. The lowest BCUT2D eigenvalue weighted by Crippen LogP contribution is -2.01. The highest BCUT2D eigenvalue weighted by atomic mass is 35.5. The largest absolute Gasteiger partial charge is 0.478 e. The Morgan fingerprint density at radius 3 is 2.94 bits per heavy atom. The Morgan fingerprint density at radius 1 is 1.53 bits per heavy atom. The van der Waals surface area contributed by atoms with Crippen LogP contribution in [0.5, 0.6) is 0 Å². The lowest BCUT2D eigenvalue weighted by atomic mass is 10.2. The van der Waals surface area contributed by atoms with Crippen LogP contribution in [0.4, 0.5) is 5.69 Å². The summed E-state index contributed by atoms with van der Waals surface area (Å²) in [5, 5.41) is 15.1. The molecular formula is C11H9ClN2O2S. The van der Waals surface area contributed by atoms with Crippen LogP contribution in [0, 0.1) is 0 Å². The number of nitrogens with zero attached hydrogens (tertiary/aromatic N) is 1. The maximum absolute atomic E-state index is 10.7. The number of nitrogens with one attached hydrogen (secondary N) is 1. The predicted molar refractivity (Wildman–Crippen MR) is 67.9 cm³/mol. The topological polar surface area (TPSA) is 62.2 Å². The number of aromatic nitrogens is 1. The first-order valence-electron chi connectivity index (χ1n) is 4.82. The zero-order valence-corrected chi connectivity index (χ0v) is 10.3. The number of aromatic carboxylic acids is 1. The van der Waals surface area contributed by atoms with Crippen LogP contribution in [-0.2, 0) is 6.54 Å². The Balaban J connectivity index is 2.09. The van der Waals surface area contributed by atoms with Gasteiger partial charge < -0.3 is 10.4 Å². The van der Waals surface area contributed by atoms with Crippen molar-refractivity contribution < 1.29 is 9.90 Å². The SMILES string of the molecule is O=C(O)c1ccc(NCc2nccs2)c(Cl)c1. The lowest BCUT2D eigenvalue weighted by Gasteiger charge is -2.07. The highest BCUT2D eigenvalue weighted by molar-refractivity contribution is 7.09. The smallest absolute Gasteiger partial charge is 0.335 e. The third kappa shape index (κ3) is 2.95. The highest BCUT2D eigenvalue weighted by Gasteiger charge is 2.07. The van der Waals surface area contributed by atoms with Gasteiger partial charge in [-0.3, -0.25) is 0 Å². The van der Waals surface area contributed by atoms with E-state index in [1.165, 1.54) is 12.1 Å². The highest BCUT2D eigenvalue weighted by Crippen LogP contribution is 2.23. The minimum absolute atomic E-state index is 0.176. The molecule has 0 spiro atoms. The van der Waals surface area contributed by atoms with Crippen molar-refractivity contribution in [2.24, 2.45) is 0 Å². The van der Waals surface area contributed by atoms with Gasteiger partial charge in [0.25, 0.3) is 0 Å². The van der Waals surface area contributed by atoms with Gasteiger partial charge >= 0.3 is 5.97 Å². The molecule has 6 heteroatoms. The van der Waals surface area contributed by atoms with Gasteiger partial charge in [0.15, 0.2) is 0 Å². The summed E-state index contributed by atoms with van der Waals surface area (Å²) in [6, 6.07) is 4.59. The van der Waals surface area contributed by atoms with Crippen molar-refractivity contribution in [3.8, 4) is 0 Å². The average Bonchev–Trinajstić information content (AvgIpc) is 2.80. The maximum atomic E-state index is 10.7. The summed E-state index contributed by atoms with van der Waals surface area (Å²) in [4.78, 5) is 14.8. The molecule has 0 saturated carbocycles. The fourth-order valence-corrected chi connectivity index (χ4v) is 2.11. The van der Waals surface area contributed by atoms with Gasteiger partial charge in [-0.05, 0) is 18.2 Å². The summed E-state index contributed by atoms with van der Waals surface area (Å²) < 4.78 is 0. The fraction of sp³-hybridized carbons (Fsp3) is 0.0909. The molecule has 2 N–H and O–H groups in total. The zero-order valence-electron chi connectivity index (χ0n) is 8.68. The number of carbonyl (C=O) groups is 1. The molecule has 0 radical (unpaired) electrons. The monoisotopic (exact) mass is 268 g/mol. The number of carboxylic acids is 1. The molecular weight excluding hydrogens is 260 g/mol. The van der Waals surface area contributed by atoms with Gasteiger partial charge in [-0.25, -0.2) is 9.78 Å². The van der Waals surface area contributed by atoms with Crippen LogP contribution in [0.15, 0.2) is 29.8 Å². The zero-order chi connectivity index (χ0) is 12.3. The van der Waals surface area contributed by atoms with Crippen molar-refractivity contribution >= 4 is 34.6 Å². The Kier molecular flexibility index (Phi) is 3.61. The number of hydrogen-bond donors (Lipinski definition) is 2. The number of anilines is 1. The first-order valence-corrected chi connectivity index (χ1v) is 6.07. The number of thiazole rings is 1. The molecule has 2 aromatic rings. The van der Waals surface area contributed by atoms with Crippen LogP contribution in [0.3, 0.4) is 0 Å². The van der Waals surface area contributed by atoms with Crippen LogP contribution in [0.2, 0.25) is 5.02 Å². The molecule has 0 atom stereocenters. The quantitative estimate of drug-likeness (QED) is 0.894. The van der Waals surface area contributed by atoms with E-state index in [0.29, 0.717) is 17.3 Å². The number of halogens is 1. The van der Waals surface area contributed by atoms with Gasteiger partial charge in [-0.15, -0.1) is 11.3 Å². The predicted octanol–water partition coefficient (Wildman–Crippen LogP) is 3.11. The molecule has 0 aliphatic heterocycles. The van der Waals surface area contributed by atoms with E-state index in [0.717, 1.165) is 5.01 Å². The van der Waals surface area contributed by atoms with E-state index in [2.05, 4.69) is 10.3 Å². The molecule has 0 aliphatic rings. The van der Waals surface area contributed by atoms with Crippen molar-refractivity contribution in [3.63, 3.8) is 0 Å². The van der Waals surface area contributed by atoms with Crippen LogP contribution < -0.4 is 5.32 Å². The van der Waals surface area contributed by atoms with E-state index in [9.17, 15) is 4.79 Å².